The first-order valence-corrected chi connectivity index (χ1v) is 7.10. The number of carbonyl (C=O) groups is 1. The second kappa shape index (κ2) is 5.74. The largest absolute Gasteiger partial charge is 0.466 e. The summed E-state index contributed by atoms with van der Waals surface area (Å²) in [6.45, 7) is 1.61. The van der Waals surface area contributed by atoms with Crippen LogP contribution in [-0.4, -0.2) is 51.6 Å². The molecule has 0 aromatic heterocycles. The van der Waals surface area contributed by atoms with E-state index in [-0.39, 0.29) is 26.1 Å². The van der Waals surface area contributed by atoms with Crippen LogP contribution in [0, 0.1) is 5.92 Å². The number of halogens is 1. The van der Waals surface area contributed by atoms with Crippen LogP contribution in [0.25, 0.3) is 0 Å². The number of nitrogens with zero attached hydrogens (tertiary/aromatic N) is 1. The number of hydrogen-bond donors (Lipinski definition) is 0. The highest BCUT2D eigenvalue weighted by Crippen LogP contribution is 2.23. The van der Waals surface area contributed by atoms with Gasteiger partial charge in [-0.3, -0.25) is 8.98 Å². The zero-order valence-corrected chi connectivity index (χ0v) is 10.6. The Kier molecular flexibility index (Phi) is 4.84. The second-order valence-electron chi connectivity index (χ2n) is 3.85. The van der Waals surface area contributed by atoms with E-state index in [4.69, 9.17) is 8.92 Å². The lowest BCUT2D eigenvalue weighted by Crippen LogP contribution is -2.46. The number of hydrogen-bond acceptors (Lipinski definition) is 6. The van der Waals surface area contributed by atoms with Crippen LogP contribution in [0.5, 0.6) is 0 Å². The predicted octanol–water partition coefficient (Wildman–Crippen LogP) is 0.101. The predicted molar refractivity (Wildman–Crippen MR) is 57.1 cm³/mol. The first-order valence-electron chi connectivity index (χ1n) is 5.29. The molecular formula is C9H16FNO5S. The van der Waals surface area contributed by atoms with Gasteiger partial charge in [-0.1, -0.05) is 0 Å². The average molecular weight is 269 g/mol. The number of esters is 1. The molecule has 8 heteroatoms. The molecule has 1 heterocycles. The van der Waals surface area contributed by atoms with Gasteiger partial charge in [0.05, 0.1) is 24.9 Å². The van der Waals surface area contributed by atoms with E-state index in [1.165, 1.54) is 0 Å². The normalized spacial score (nSPS) is 26.8. The molecule has 1 rings (SSSR count). The van der Waals surface area contributed by atoms with Gasteiger partial charge in [-0.15, -0.1) is 9.60 Å². The number of rotatable bonds is 4. The Balaban J connectivity index is 2.74. The lowest BCUT2D eigenvalue weighted by molar-refractivity contribution is -0.159. The molecule has 0 radical (unpaired) electrons. The van der Waals surface area contributed by atoms with Crippen molar-refractivity contribution in [2.75, 3.05) is 26.0 Å². The highest BCUT2D eigenvalue weighted by atomic mass is 32.2. The Morgan fingerprint density at radius 1 is 1.53 bits per heavy atom. The standard InChI is InChI=1S/C9H16FNO5S/c1-3-15-9(12)7-6-11(10)5-4-8(7)16-17(2,13)14/h7-8H,3-6H2,1-2H3. The zero-order valence-electron chi connectivity index (χ0n) is 9.76. The molecular weight excluding hydrogens is 253 g/mol. The molecule has 0 aromatic rings. The summed E-state index contributed by atoms with van der Waals surface area (Å²) in [6.07, 6.45) is 0.181. The monoisotopic (exact) mass is 269 g/mol. The summed E-state index contributed by atoms with van der Waals surface area (Å²) >= 11 is 0. The molecule has 0 amide bonds. The highest BCUT2D eigenvalue weighted by molar-refractivity contribution is 7.86. The molecule has 1 aliphatic rings. The van der Waals surface area contributed by atoms with Crippen LogP contribution in [0.3, 0.4) is 0 Å². The maximum atomic E-state index is 13.1. The molecule has 0 aliphatic carbocycles. The van der Waals surface area contributed by atoms with E-state index in [1.807, 2.05) is 0 Å². The third-order valence-corrected chi connectivity index (χ3v) is 2.98. The zero-order chi connectivity index (χ0) is 13.1. The third kappa shape index (κ3) is 4.57. The fourth-order valence-corrected chi connectivity index (χ4v) is 2.39. The molecule has 0 aromatic carbocycles. The minimum atomic E-state index is -3.67. The first kappa shape index (κ1) is 14.3. The Hall–Kier alpha value is -0.730. The minimum absolute atomic E-state index is 0.0378. The fraction of sp³-hybridized carbons (Fsp3) is 0.889. The molecule has 17 heavy (non-hydrogen) atoms. The summed E-state index contributed by atoms with van der Waals surface area (Å²) in [5.74, 6) is -1.55. The summed E-state index contributed by atoms with van der Waals surface area (Å²) in [6, 6.07) is 0. The topological polar surface area (TPSA) is 72.9 Å². The van der Waals surface area contributed by atoms with Crippen LogP contribution in [0.4, 0.5) is 4.48 Å². The lowest BCUT2D eigenvalue weighted by atomic mass is 9.96. The van der Waals surface area contributed by atoms with E-state index >= 15 is 0 Å². The SMILES string of the molecule is CCOC(=O)C1CN(F)CCC1OS(C)(=O)=O. The molecule has 2 atom stereocenters. The van der Waals surface area contributed by atoms with Gasteiger partial charge in [-0.2, -0.15) is 8.42 Å². The summed E-state index contributed by atoms with van der Waals surface area (Å²) in [5, 5.41) is 0.462. The number of ether oxygens (including phenoxy) is 1. The van der Waals surface area contributed by atoms with Crippen molar-refractivity contribution in [3.8, 4) is 0 Å². The maximum absolute atomic E-state index is 13.1. The van der Waals surface area contributed by atoms with Gasteiger partial charge in [0, 0.05) is 13.1 Å². The third-order valence-electron chi connectivity index (χ3n) is 2.39. The van der Waals surface area contributed by atoms with Crippen LogP contribution >= 0.6 is 0 Å². The van der Waals surface area contributed by atoms with Crippen LogP contribution in [0.2, 0.25) is 0 Å². The van der Waals surface area contributed by atoms with Gasteiger partial charge in [-0.05, 0) is 13.3 Å². The van der Waals surface area contributed by atoms with Crippen molar-refractivity contribution in [1.82, 2.24) is 5.12 Å². The lowest BCUT2D eigenvalue weighted by Gasteiger charge is -2.31. The van der Waals surface area contributed by atoms with Crippen molar-refractivity contribution in [2.24, 2.45) is 5.92 Å². The van der Waals surface area contributed by atoms with E-state index in [0.717, 1.165) is 6.26 Å². The van der Waals surface area contributed by atoms with Crippen molar-refractivity contribution in [2.45, 2.75) is 19.4 Å². The quantitative estimate of drug-likeness (QED) is 0.409. The van der Waals surface area contributed by atoms with Crippen LogP contribution in [0.1, 0.15) is 13.3 Å². The molecule has 100 valence electrons. The molecule has 0 spiro atoms. The van der Waals surface area contributed by atoms with Gasteiger partial charge in [0.2, 0.25) is 0 Å². The summed E-state index contributed by atoms with van der Waals surface area (Å²) < 4.78 is 44.7. The second-order valence-corrected chi connectivity index (χ2v) is 5.46. The van der Waals surface area contributed by atoms with Crippen LogP contribution in [-0.2, 0) is 23.8 Å². The Morgan fingerprint density at radius 3 is 2.71 bits per heavy atom. The summed E-state index contributed by atoms with van der Waals surface area (Å²) in [5.41, 5.74) is 0. The van der Waals surface area contributed by atoms with E-state index < -0.39 is 28.1 Å². The minimum Gasteiger partial charge on any atom is -0.466 e. The van der Waals surface area contributed by atoms with Gasteiger partial charge in [0.1, 0.15) is 0 Å². The maximum Gasteiger partial charge on any atom is 0.313 e. The molecule has 0 bridgehead atoms. The average Bonchev–Trinajstić information content (AvgIpc) is 2.19. The first-order chi connectivity index (χ1) is 7.83. The summed E-state index contributed by atoms with van der Waals surface area (Å²) in [7, 11) is -3.67. The van der Waals surface area contributed by atoms with Crippen molar-refractivity contribution in [3.63, 3.8) is 0 Å². The van der Waals surface area contributed by atoms with E-state index in [2.05, 4.69) is 0 Å². The van der Waals surface area contributed by atoms with Crippen LogP contribution < -0.4 is 0 Å². The van der Waals surface area contributed by atoms with Crippen molar-refractivity contribution in [3.05, 3.63) is 0 Å². The molecule has 6 nitrogen and oxygen atoms in total. The van der Waals surface area contributed by atoms with Gasteiger partial charge in [0.25, 0.3) is 10.1 Å². The molecule has 1 aliphatic heterocycles. The summed E-state index contributed by atoms with van der Waals surface area (Å²) in [4.78, 5) is 11.5. The van der Waals surface area contributed by atoms with E-state index in [9.17, 15) is 17.7 Å². The Bertz CT molecular complexity index is 372. The van der Waals surface area contributed by atoms with E-state index in [1.54, 1.807) is 6.92 Å². The van der Waals surface area contributed by atoms with Gasteiger partial charge in [-0.25, -0.2) is 0 Å². The van der Waals surface area contributed by atoms with E-state index in [0.29, 0.717) is 5.12 Å². The van der Waals surface area contributed by atoms with Crippen molar-refractivity contribution in [1.29, 1.82) is 0 Å². The molecule has 0 N–H and O–H groups in total. The van der Waals surface area contributed by atoms with Crippen molar-refractivity contribution < 1.29 is 26.6 Å². The Labute approximate surface area is 99.7 Å². The van der Waals surface area contributed by atoms with Gasteiger partial charge in [0.15, 0.2) is 0 Å². The van der Waals surface area contributed by atoms with Gasteiger partial charge < -0.3 is 4.74 Å². The highest BCUT2D eigenvalue weighted by Gasteiger charge is 2.38. The smallest absolute Gasteiger partial charge is 0.313 e. The molecule has 2 unspecified atom stereocenters. The molecule has 1 saturated heterocycles. The van der Waals surface area contributed by atoms with Crippen molar-refractivity contribution >= 4 is 16.1 Å². The number of piperidine rings is 1. The number of carbonyl (C=O) groups excluding carboxylic acids is 1. The molecule has 0 saturated carbocycles. The molecule has 1 fully saturated rings. The van der Waals surface area contributed by atoms with Crippen LogP contribution in [0.15, 0.2) is 0 Å². The fourth-order valence-electron chi connectivity index (χ4n) is 1.71. The van der Waals surface area contributed by atoms with Gasteiger partial charge >= 0.3 is 5.97 Å². The Morgan fingerprint density at radius 2 is 2.18 bits per heavy atom.